The van der Waals surface area contributed by atoms with Crippen molar-refractivity contribution in [2.75, 3.05) is 0 Å². The number of halogens is 4. The van der Waals surface area contributed by atoms with Gasteiger partial charge in [0.2, 0.25) is 0 Å². The van der Waals surface area contributed by atoms with E-state index in [4.69, 9.17) is 51.5 Å². The van der Waals surface area contributed by atoms with E-state index in [1.54, 1.807) is 24.3 Å². The van der Waals surface area contributed by atoms with Crippen LogP contribution >= 0.6 is 46.4 Å². The predicted molar refractivity (Wildman–Crippen MR) is 151 cm³/mol. The number of rotatable bonds is 6. The molecule has 5 nitrogen and oxygen atoms in total. The molecule has 4 aromatic rings. The van der Waals surface area contributed by atoms with Crippen molar-refractivity contribution in [3.8, 4) is 11.3 Å². The quantitative estimate of drug-likeness (QED) is 0.254. The fourth-order valence-corrected chi connectivity index (χ4v) is 4.49. The van der Waals surface area contributed by atoms with E-state index in [0.717, 1.165) is 28.1 Å². The van der Waals surface area contributed by atoms with Crippen LogP contribution in [0.2, 0.25) is 20.1 Å². The van der Waals surface area contributed by atoms with Crippen LogP contribution in [-0.2, 0) is 24.2 Å². The third-order valence-electron chi connectivity index (χ3n) is 5.47. The van der Waals surface area contributed by atoms with Crippen LogP contribution in [-0.4, -0.2) is 20.9 Å². The number of aryl methyl sites for hydroxylation is 2. The molecule has 0 aliphatic carbocycles. The normalized spacial score (nSPS) is 10.5. The first-order valence-corrected chi connectivity index (χ1v) is 12.9. The van der Waals surface area contributed by atoms with Crippen molar-refractivity contribution in [1.82, 2.24) is 9.78 Å². The zero-order valence-corrected chi connectivity index (χ0v) is 23.2. The van der Waals surface area contributed by atoms with Crippen LogP contribution in [0.5, 0.6) is 0 Å². The van der Waals surface area contributed by atoms with E-state index in [1.165, 1.54) is 10.7 Å². The molecule has 3 aromatic carbocycles. The topological polar surface area (TPSA) is 72.2 Å². The molecule has 0 saturated heterocycles. The Balaban J connectivity index is 0.000000319. The van der Waals surface area contributed by atoms with E-state index in [9.17, 15) is 9.59 Å². The SMILES string of the molecule is CCc1ccc(Cl)cc1Cl.Cc1ccc(-c2cc(CC(=O)O)c(=O)n(Cc3ccc(Cl)cc3Cl)n2)cc1. The Hall–Kier alpha value is -2.83. The molecule has 0 saturated carbocycles. The first-order chi connectivity index (χ1) is 17.6. The molecule has 1 N–H and O–H groups in total. The molecule has 0 aliphatic heterocycles. The van der Waals surface area contributed by atoms with Gasteiger partial charge in [0, 0.05) is 31.2 Å². The highest BCUT2D eigenvalue weighted by molar-refractivity contribution is 6.35. The molecule has 9 heteroatoms. The van der Waals surface area contributed by atoms with Crippen molar-refractivity contribution in [2.24, 2.45) is 0 Å². The number of carboxylic acid groups (broad SMARTS) is 1. The summed E-state index contributed by atoms with van der Waals surface area (Å²) in [4.78, 5) is 23.9. The number of carbonyl (C=O) groups is 1. The van der Waals surface area contributed by atoms with Crippen molar-refractivity contribution in [2.45, 2.75) is 33.2 Å². The molecule has 192 valence electrons. The van der Waals surface area contributed by atoms with E-state index >= 15 is 0 Å². The van der Waals surface area contributed by atoms with Gasteiger partial charge in [0.05, 0.1) is 18.7 Å². The summed E-state index contributed by atoms with van der Waals surface area (Å²) in [6, 6.07) is 19.7. The lowest BCUT2D eigenvalue weighted by molar-refractivity contribution is -0.136. The van der Waals surface area contributed by atoms with E-state index in [1.807, 2.05) is 43.3 Å². The van der Waals surface area contributed by atoms with Gasteiger partial charge in [-0.3, -0.25) is 9.59 Å². The Bertz CT molecular complexity index is 1470. The lowest BCUT2D eigenvalue weighted by Crippen LogP contribution is -2.28. The van der Waals surface area contributed by atoms with Gasteiger partial charge in [-0.05, 0) is 54.8 Å². The first kappa shape index (κ1) is 28.7. The molecule has 1 heterocycles. The van der Waals surface area contributed by atoms with Crippen LogP contribution in [0, 0.1) is 6.92 Å². The highest BCUT2D eigenvalue weighted by Crippen LogP contribution is 2.23. The monoisotopic (exact) mass is 576 g/mol. The molecule has 37 heavy (non-hydrogen) atoms. The summed E-state index contributed by atoms with van der Waals surface area (Å²) in [5.41, 5.74) is 3.92. The third-order valence-corrected chi connectivity index (χ3v) is 6.64. The molecule has 0 unspecified atom stereocenters. The van der Waals surface area contributed by atoms with E-state index in [0.29, 0.717) is 26.3 Å². The van der Waals surface area contributed by atoms with Gasteiger partial charge in [-0.2, -0.15) is 5.10 Å². The fraction of sp³-hybridized carbons (Fsp3) is 0.179. The fourth-order valence-electron chi connectivity index (χ4n) is 3.48. The molecule has 0 fully saturated rings. The molecule has 0 amide bonds. The lowest BCUT2D eigenvalue weighted by atomic mass is 10.1. The van der Waals surface area contributed by atoms with Crippen LogP contribution < -0.4 is 5.56 Å². The number of aliphatic carboxylic acids is 1. The highest BCUT2D eigenvalue weighted by Gasteiger charge is 2.14. The van der Waals surface area contributed by atoms with Crippen LogP contribution in [0.1, 0.15) is 29.2 Å². The van der Waals surface area contributed by atoms with Crippen molar-refractivity contribution < 1.29 is 9.90 Å². The number of hydrogen-bond acceptors (Lipinski definition) is 3. The van der Waals surface area contributed by atoms with Gasteiger partial charge in [-0.1, -0.05) is 95.3 Å². The Morgan fingerprint density at radius 2 is 1.41 bits per heavy atom. The Morgan fingerprint density at radius 3 is 1.92 bits per heavy atom. The summed E-state index contributed by atoms with van der Waals surface area (Å²) in [5, 5.41) is 15.9. The summed E-state index contributed by atoms with van der Waals surface area (Å²) >= 11 is 23.7. The van der Waals surface area contributed by atoms with Crippen molar-refractivity contribution >= 4 is 52.4 Å². The van der Waals surface area contributed by atoms with Gasteiger partial charge >= 0.3 is 5.97 Å². The van der Waals surface area contributed by atoms with Crippen LogP contribution in [0.3, 0.4) is 0 Å². The largest absolute Gasteiger partial charge is 0.481 e. The predicted octanol–water partition coefficient (Wildman–Crippen LogP) is 7.76. The second kappa shape index (κ2) is 13.1. The molecule has 0 spiro atoms. The average molecular weight is 578 g/mol. The van der Waals surface area contributed by atoms with Crippen LogP contribution in [0.15, 0.2) is 71.5 Å². The van der Waals surface area contributed by atoms with Crippen molar-refractivity contribution in [1.29, 1.82) is 0 Å². The molecule has 0 radical (unpaired) electrons. The zero-order valence-electron chi connectivity index (χ0n) is 20.1. The van der Waals surface area contributed by atoms with Crippen molar-refractivity contribution in [3.05, 3.63) is 119 Å². The molecule has 0 bridgehead atoms. The number of carboxylic acids is 1. The maximum atomic E-state index is 12.7. The Kier molecular flexibility index (Phi) is 10.2. The molecule has 0 aliphatic rings. The Labute approximate surface area is 235 Å². The van der Waals surface area contributed by atoms with Gasteiger partial charge in [-0.25, -0.2) is 4.68 Å². The zero-order chi connectivity index (χ0) is 27.1. The molecule has 4 rings (SSSR count). The minimum atomic E-state index is -1.08. The highest BCUT2D eigenvalue weighted by atomic mass is 35.5. The summed E-state index contributed by atoms with van der Waals surface area (Å²) in [7, 11) is 0. The minimum absolute atomic E-state index is 0.112. The molecule has 1 aromatic heterocycles. The summed E-state index contributed by atoms with van der Waals surface area (Å²) < 4.78 is 1.24. The summed E-state index contributed by atoms with van der Waals surface area (Å²) in [5.74, 6) is -1.08. The van der Waals surface area contributed by atoms with Crippen molar-refractivity contribution in [3.63, 3.8) is 0 Å². The van der Waals surface area contributed by atoms with Gasteiger partial charge < -0.3 is 5.11 Å². The van der Waals surface area contributed by atoms with E-state index in [-0.39, 0.29) is 18.5 Å². The number of benzene rings is 3. The second-order valence-electron chi connectivity index (χ2n) is 8.28. The van der Waals surface area contributed by atoms with Gasteiger partial charge in [0.25, 0.3) is 5.56 Å². The third kappa shape index (κ3) is 8.08. The molecular weight excluding hydrogens is 554 g/mol. The maximum Gasteiger partial charge on any atom is 0.308 e. The number of aromatic nitrogens is 2. The molecular formula is C28H24Cl4N2O3. The average Bonchev–Trinajstić information content (AvgIpc) is 2.84. The lowest BCUT2D eigenvalue weighted by Gasteiger charge is -2.11. The smallest absolute Gasteiger partial charge is 0.308 e. The van der Waals surface area contributed by atoms with Crippen LogP contribution in [0.25, 0.3) is 11.3 Å². The number of hydrogen-bond donors (Lipinski definition) is 1. The second-order valence-corrected chi connectivity index (χ2v) is 9.97. The number of nitrogens with zero attached hydrogens (tertiary/aromatic N) is 2. The van der Waals surface area contributed by atoms with E-state index < -0.39 is 11.5 Å². The standard InChI is InChI=1S/C20H16Cl2N2O3.C8H8Cl2/c1-12-2-4-13(5-3-12)18-8-15(9-19(25)26)20(27)24(23-18)11-14-6-7-16(21)10-17(14)22;1-2-6-3-4-7(9)5-8(6)10/h2-8,10H,9,11H2,1H3,(H,25,26);3-5H,2H2,1H3. The Morgan fingerprint density at radius 1 is 0.838 bits per heavy atom. The summed E-state index contributed by atoms with van der Waals surface area (Å²) in [6.45, 7) is 4.15. The summed E-state index contributed by atoms with van der Waals surface area (Å²) in [6.07, 6.45) is 0.574. The molecule has 0 atom stereocenters. The minimum Gasteiger partial charge on any atom is -0.481 e. The van der Waals surface area contributed by atoms with E-state index in [2.05, 4.69) is 12.0 Å². The van der Waals surface area contributed by atoms with Gasteiger partial charge in [0.1, 0.15) is 0 Å². The maximum absolute atomic E-state index is 12.7. The van der Waals surface area contributed by atoms with Gasteiger partial charge in [0.15, 0.2) is 0 Å². The van der Waals surface area contributed by atoms with Gasteiger partial charge in [-0.15, -0.1) is 0 Å². The first-order valence-electron chi connectivity index (χ1n) is 11.3. The van der Waals surface area contributed by atoms with Crippen LogP contribution in [0.4, 0.5) is 0 Å².